The number of nitrogens with one attached hydrogen (secondary N) is 2. The minimum absolute atomic E-state index is 0.619. The lowest BCUT2D eigenvalue weighted by Gasteiger charge is -2.10. The van der Waals surface area contributed by atoms with E-state index in [1.807, 2.05) is 53.1 Å². The van der Waals surface area contributed by atoms with E-state index in [4.69, 9.17) is 4.74 Å². The van der Waals surface area contributed by atoms with E-state index in [1.165, 1.54) is 0 Å². The fraction of sp³-hybridized carbons (Fsp3) is 0.300. The van der Waals surface area contributed by atoms with Gasteiger partial charge in [-0.3, -0.25) is 0 Å². The molecule has 0 aliphatic rings. The van der Waals surface area contributed by atoms with Gasteiger partial charge in [-0.05, 0) is 36.8 Å². The Bertz CT molecular complexity index is 821. The van der Waals surface area contributed by atoms with Gasteiger partial charge in [0.25, 0.3) is 0 Å². The van der Waals surface area contributed by atoms with Gasteiger partial charge in [0.05, 0.1) is 19.3 Å². The van der Waals surface area contributed by atoms with Crippen LogP contribution in [-0.2, 0) is 13.0 Å². The Morgan fingerprint density at radius 3 is 2.73 bits per heavy atom. The summed E-state index contributed by atoms with van der Waals surface area (Å²) in [5.41, 5.74) is 3.18. The molecule has 0 atom stereocenters. The molecule has 6 nitrogen and oxygen atoms in total. The summed E-state index contributed by atoms with van der Waals surface area (Å²) in [6, 6.07) is 14.0. The van der Waals surface area contributed by atoms with Crippen molar-refractivity contribution >= 4 is 11.6 Å². The van der Waals surface area contributed by atoms with Crippen molar-refractivity contribution < 1.29 is 4.74 Å². The van der Waals surface area contributed by atoms with Crippen LogP contribution in [0.1, 0.15) is 18.2 Å². The number of ether oxygens (including phenoxy) is 1. The SMILES string of the molecule is CCNC(=NCc1ccc(OC)cc1)NCCc1cn2ccccc2n1. The Morgan fingerprint density at radius 1 is 1.15 bits per heavy atom. The number of aromatic nitrogens is 2. The molecule has 6 heteroatoms. The zero-order valence-corrected chi connectivity index (χ0v) is 15.3. The molecule has 0 amide bonds. The third-order valence-electron chi connectivity index (χ3n) is 4.01. The quantitative estimate of drug-likeness (QED) is 0.507. The van der Waals surface area contributed by atoms with Crippen LogP contribution >= 0.6 is 0 Å². The highest BCUT2D eigenvalue weighted by Crippen LogP contribution is 2.11. The van der Waals surface area contributed by atoms with Crippen LogP contribution in [0.3, 0.4) is 0 Å². The van der Waals surface area contributed by atoms with E-state index >= 15 is 0 Å². The maximum atomic E-state index is 5.18. The molecule has 0 radical (unpaired) electrons. The molecule has 2 heterocycles. The molecular formula is C20H25N5O. The van der Waals surface area contributed by atoms with E-state index in [-0.39, 0.29) is 0 Å². The molecule has 0 unspecified atom stereocenters. The van der Waals surface area contributed by atoms with Crippen LogP contribution in [0.4, 0.5) is 0 Å². The molecule has 2 aromatic heterocycles. The number of fused-ring (bicyclic) bond motifs is 1. The van der Waals surface area contributed by atoms with Gasteiger partial charge >= 0.3 is 0 Å². The van der Waals surface area contributed by atoms with Crippen LogP contribution in [0.2, 0.25) is 0 Å². The predicted octanol–water partition coefficient (Wildman–Crippen LogP) is 2.64. The van der Waals surface area contributed by atoms with Crippen molar-refractivity contribution in [2.45, 2.75) is 19.9 Å². The first-order valence-electron chi connectivity index (χ1n) is 8.86. The number of guanidine groups is 1. The van der Waals surface area contributed by atoms with Gasteiger partial charge in [-0.15, -0.1) is 0 Å². The fourth-order valence-electron chi connectivity index (χ4n) is 2.66. The van der Waals surface area contributed by atoms with Gasteiger partial charge in [0.15, 0.2) is 5.96 Å². The number of nitrogens with zero attached hydrogens (tertiary/aromatic N) is 3. The maximum Gasteiger partial charge on any atom is 0.191 e. The van der Waals surface area contributed by atoms with Gasteiger partial charge in [0.2, 0.25) is 0 Å². The van der Waals surface area contributed by atoms with Gasteiger partial charge in [-0.1, -0.05) is 18.2 Å². The second-order valence-electron chi connectivity index (χ2n) is 5.92. The van der Waals surface area contributed by atoms with Crippen molar-refractivity contribution in [1.82, 2.24) is 20.0 Å². The second kappa shape index (κ2) is 8.89. The van der Waals surface area contributed by atoms with Crippen LogP contribution < -0.4 is 15.4 Å². The van der Waals surface area contributed by atoms with E-state index < -0.39 is 0 Å². The Labute approximate surface area is 153 Å². The predicted molar refractivity (Wildman–Crippen MR) is 105 cm³/mol. The lowest BCUT2D eigenvalue weighted by Crippen LogP contribution is -2.38. The fourth-order valence-corrected chi connectivity index (χ4v) is 2.66. The molecule has 0 spiro atoms. The van der Waals surface area contributed by atoms with Crippen LogP contribution in [0.15, 0.2) is 59.9 Å². The number of aliphatic imine (C=N–C) groups is 1. The van der Waals surface area contributed by atoms with Crippen molar-refractivity contribution in [3.63, 3.8) is 0 Å². The molecule has 1 aromatic carbocycles. The van der Waals surface area contributed by atoms with Crippen molar-refractivity contribution in [2.24, 2.45) is 4.99 Å². The number of benzene rings is 1. The Hall–Kier alpha value is -3.02. The smallest absolute Gasteiger partial charge is 0.191 e. The van der Waals surface area contributed by atoms with Crippen LogP contribution in [0, 0.1) is 0 Å². The standard InChI is InChI=1S/C20H25N5O/c1-3-21-20(23-14-16-7-9-18(26-2)10-8-16)22-12-11-17-15-25-13-5-4-6-19(25)24-17/h4-10,13,15H,3,11-12,14H2,1-2H3,(H2,21,22,23). The molecule has 0 aliphatic heterocycles. The third kappa shape index (κ3) is 4.75. The number of hydrogen-bond donors (Lipinski definition) is 2. The normalized spacial score (nSPS) is 11.5. The van der Waals surface area contributed by atoms with E-state index in [1.54, 1.807) is 7.11 Å². The average molecular weight is 351 g/mol. The highest BCUT2D eigenvalue weighted by atomic mass is 16.5. The van der Waals surface area contributed by atoms with Crippen LogP contribution in [0.25, 0.3) is 5.65 Å². The molecule has 0 fully saturated rings. The lowest BCUT2D eigenvalue weighted by molar-refractivity contribution is 0.414. The first-order chi connectivity index (χ1) is 12.8. The van der Waals surface area contributed by atoms with Crippen molar-refractivity contribution in [3.8, 4) is 5.75 Å². The van der Waals surface area contributed by atoms with Gasteiger partial charge < -0.3 is 19.8 Å². The number of pyridine rings is 1. The molecule has 0 aliphatic carbocycles. The molecule has 0 saturated carbocycles. The van der Waals surface area contributed by atoms with Gasteiger partial charge in [0, 0.05) is 31.9 Å². The third-order valence-corrected chi connectivity index (χ3v) is 4.01. The van der Waals surface area contributed by atoms with E-state index in [2.05, 4.69) is 33.7 Å². The molecule has 3 aromatic rings. The zero-order chi connectivity index (χ0) is 18.2. The van der Waals surface area contributed by atoms with E-state index in [0.717, 1.165) is 48.1 Å². The topological polar surface area (TPSA) is 63.0 Å². The summed E-state index contributed by atoms with van der Waals surface area (Å²) in [7, 11) is 1.67. The summed E-state index contributed by atoms with van der Waals surface area (Å²) in [4.78, 5) is 9.26. The van der Waals surface area contributed by atoms with E-state index in [9.17, 15) is 0 Å². The van der Waals surface area contributed by atoms with Gasteiger partial charge in [-0.25, -0.2) is 9.98 Å². The molecular weight excluding hydrogens is 326 g/mol. The second-order valence-corrected chi connectivity index (χ2v) is 5.92. The molecule has 0 bridgehead atoms. The van der Waals surface area contributed by atoms with Crippen molar-refractivity contribution in [3.05, 3.63) is 66.1 Å². The molecule has 2 N–H and O–H groups in total. The molecule has 136 valence electrons. The maximum absolute atomic E-state index is 5.18. The average Bonchev–Trinajstić information content (AvgIpc) is 3.09. The summed E-state index contributed by atoms with van der Waals surface area (Å²) >= 11 is 0. The molecule has 3 rings (SSSR count). The number of hydrogen-bond acceptors (Lipinski definition) is 3. The first kappa shape index (κ1) is 17.8. The van der Waals surface area contributed by atoms with Crippen LogP contribution in [-0.4, -0.2) is 35.5 Å². The van der Waals surface area contributed by atoms with Crippen molar-refractivity contribution in [2.75, 3.05) is 20.2 Å². The van der Waals surface area contributed by atoms with Gasteiger partial charge in [-0.2, -0.15) is 0 Å². The van der Waals surface area contributed by atoms with Crippen molar-refractivity contribution in [1.29, 1.82) is 0 Å². The summed E-state index contributed by atoms with van der Waals surface area (Å²) in [6.07, 6.45) is 4.92. The first-order valence-corrected chi connectivity index (χ1v) is 8.86. The summed E-state index contributed by atoms with van der Waals surface area (Å²) < 4.78 is 7.22. The monoisotopic (exact) mass is 351 g/mol. The number of imidazole rings is 1. The number of rotatable bonds is 7. The zero-order valence-electron chi connectivity index (χ0n) is 15.3. The lowest BCUT2D eigenvalue weighted by atomic mass is 10.2. The summed E-state index contributed by atoms with van der Waals surface area (Å²) in [6.45, 7) is 4.28. The van der Waals surface area contributed by atoms with Crippen LogP contribution in [0.5, 0.6) is 5.75 Å². The largest absolute Gasteiger partial charge is 0.497 e. The minimum Gasteiger partial charge on any atom is -0.497 e. The molecule has 26 heavy (non-hydrogen) atoms. The highest BCUT2D eigenvalue weighted by molar-refractivity contribution is 5.79. The summed E-state index contributed by atoms with van der Waals surface area (Å²) in [5, 5.41) is 6.65. The molecule has 0 saturated heterocycles. The Morgan fingerprint density at radius 2 is 2.00 bits per heavy atom. The minimum atomic E-state index is 0.619. The highest BCUT2D eigenvalue weighted by Gasteiger charge is 2.02. The van der Waals surface area contributed by atoms with E-state index in [0.29, 0.717) is 6.54 Å². The summed E-state index contributed by atoms with van der Waals surface area (Å²) in [5.74, 6) is 1.67. The van der Waals surface area contributed by atoms with Gasteiger partial charge in [0.1, 0.15) is 11.4 Å². The Balaban J connectivity index is 1.55. The number of methoxy groups -OCH3 is 1. The Kier molecular flexibility index (Phi) is 6.09.